The molecule has 0 spiro atoms. The molecule has 116 valence electrons. The fraction of sp³-hybridized carbons (Fsp3) is 0.158. The summed E-state index contributed by atoms with van der Waals surface area (Å²) in [7, 11) is 0. The Morgan fingerprint density at radius 1 is 0.913 bits per heavy atom. The zero-order valence-electron chi connectivity index (χ0n) is 12.6. The molecule has 0 radical (unpaired) electrons. The molecule has 3 nitrogen and oxygen atoms in total. The maximum Gasteiger partial charge on any atom is 0.158 e. The second kappa shape index (κ2) is 5.89. The quantitative estimate of drug-likeness (QED) is 0.723. The predicted molar refractivity (Wildman–Crippen MR) is 88.2 cm³/mol. The molecule has 4 heteroatoms. The lowest BCUT2D eigenvalue weighted by Crippen LogP contribution is -2.22. The summed E-state index contributed by atoms with van der Waals surface area (Å²) in [5.41, 5.74) is 3.18. The second-order valence-electron chi connectivity index (χ2n) is 5.58. The van der Waals surface area contributed by atoms with E-state index >= 15 is 0 Å². The number of nitrogens with zero attached hydrogens (tertiary/aromatic N) is 2. The molecule has 2 heterocycles. The van der Waals surface area contributed by atoms with Crippen molar-refractivity contribution in [3.05, 3.63) is 84.4 Å². The molecule has 3 aromatic rings. The summed E-state index contributed by atoms with van der Waals surface area (Å²) >= 11 is 0. The normalized spacial score (nSPS) is 17.6. The number of anilines is 1. The first-order valence-electron chi connectivity index (χ1n) is 7.68. The third kappa shape index (κ3) is 2.73. The van der Waals surface area contributed by atoms with Gasteiger partial charge < -0.3 is 14.2 Å². The summed E-state index contributed by atoms with van der Waals surface area (Å²) in [6.07, 6.45) is 3.94. The summed E-state index contributed by atoms with van der Waals surface area (Å²) in [6, 6.07) is 18.8. The first kappa shape index (κ1) is 14.0. The molecule has 1 aliphatic rings. The standard InChI is InChI=1S/C19H17FN2O/c20-16-6-8-17(9-7-16)21-11-10-15(14-21)19-22(12-13-23-19)18-4-2-1-3-5-18/h1-11,14,19H,12-13H2. The van der Waals surface area contributed by atoms with Crippen molar-refractivity contribution in [2.24, 2.45) is 0 Å². The highest BCUT2D eigenvalue weighted by atomic mass is 19.1. The summed E-state index contributed by atoms with van der Waals surface area (Å²) in [6.45, 7) is 1.58. The minimum absolute atomic E-state index is 0.0842. The van der Waals surface area contributed by atoms with Gasteiger partial charge in [-0.25, -0.2) is 4.39 Å². The molecule has 23 heavy (non-hydrogen) atoms. The van der Waals surface area contributed by atoms with Crippen molar-refractivity contribution in [2.75, 3.05) is 18.1 Å². The van der Waals surface area contributed by atoms with E-state index in [4.69, 9.17) is 4.74 Å². The topological polar surface area (TPSA) is 17.4 Å². The van der Waals surface area contributed by atoms with Crippen molar-refractivity contribution in [3.8, 4) is 5.69 Å². The maximum absolute atomic E-state index is 13.1. The van der Waals surface area contributed by atoms with Crippen molar-refractivity contribution in [1.82, 2.24) is 4.57 Å². The van der Waals surface area contributed by atoms with Crippen LogP contribution in [0.15, 0.2) is 73.1 Å². The largest absolute Gasteiger partial charge is 0.352 e. The number of rotatable bonds is 3. The average molecular weight is 308 g/mol. The van der Waals surface area contributed by atoms with Gasteiger partial charge in [0.25, 0.3) is 0 Å². The summed E-state index contributed by atoms with van der Waals surface area (Å²) in [4.78, 5) is 2.25. The van der Waals surface area contributed by atoms with Crippen molar-refractivity contribution < 1.29 is 9.13 Å². The van der Waals surface area contributed by atoms with E-state index in [-0.39, 0.29) is 12.0 Å². The van der Waals surface area contributed by atoms with Crippen molar-refractivity contribution >= 4 is 5.69 Å². The molecular weight excluding hydrogens is 291 g/mol. The van der Waals surface area contributed by atoms with Crippen LogP contribution in [0.3, 0.4) is 0 Å². The molecule has 1 aliphatic heterocycles. The van der Waals surface area contributed by atoms with Gasteiger partial charge in [0.15, 0.2) is 6.23 Å². The van der Waals surface area contributed by atoms with E-state index in [9.17, 15) is 4.39 Å². The Morgan fingerprint density at radius 3 is 2.48 bits per heavy atom. The Morgan fingerprint density at radius 2 is 1.70 bits per heavy atom. The summed E-state index contributed by atoms with van der Waals surface area (Å²) in [5.74, 6) is -0.226. The molecule has 1 unspecified atom stereocenters. The van der Waals surface area contributed by atoms with E-state index in [1.54, 1.807) is 12.1 Å². The summed E-state index contributed by atoms with van der Waals surface area (Å²) in [5, 5.41) is 0. The van der Waals surface area contributed by atoms with Gasteiger partial charge in [-0.15, -0.1) is 0 Å². The minimum atomic E-state index is -0.226. The molecule has 0 saturated carbocycles. The third-order valence-electron chi connectivity index (χ3n) is 4.10. The number of aromatic nitrogens is 1. The van der Waals surface area contributed by atoms with Crippen LogP contribution in [0.5, 0.6) is 0 Å². The summed E-state index contributed by atoms with van der Waals surface area (Å²) < 4.78 is 21.0. The lowest BCUT2D eigenvalue weighted by atomic mass is 10.2. The van der Waals surface area contributed by atoms with E-state index in [0.717, 1.165) is 23.5 Å². The van der Waals surface area contributed by atoms with E-state index in [1.807, 2.05) is 35.2 Å². The smallest absolute Gasteiger partial charge is 0.158 e. The Hall–Kier alpha value is -2.59. The van der Waals surface area contributed by atoms with E-state index < -0.39 is 0 Å². The van der Waals surface area contributed by atoms with Crippen LogP contribution in [-0.2, 0) is 4.74 Å². The van der Waals surface area contributed by atoms with Gasteiger partial charge in [0.2, 0.25) is 0 Å². The van der Waals surface area contributed by atoms with Crippen molar-refractivity contribution in [2.45, 2.75) is 6.23 Å². The monoisotopic (exact) mass is 308 g/mol. The molecule has 1 atom stereocenters. The zero-order chi connectivity index (χ0) is 15.6. The Balaban J connectivity index is 1.62. The van der Waals surface area contributed by atoms with Crippen LogP contribution < -0.4 is 4.90 Å². The van der Waals surface area contributed by atoms with Gasteiger partial charge >= 0.3 is 0 Å². The van der Waals surface area contributed by atoms with Gasteiger partial charge in [0, 0.05) is 35.9 Å². The first-order chi connectivity index (χ1) is 11.3. The zero-order valence-corrected chi connectivity index (χ0v) is 12.6. The molecule has 4 rings (SSSR count). The molecule has 0 aliphatic carbocycles. The number of hydrogen-bond acceptors (Lipinski definition) is 2. The van der Waals surface area contributed by atoms with E-state index in [2.05, 4.69) is 23.1 Å². The number of hydrogen-bond donors (Lipinski definition) is 0. The molecule has 0 amide bonds. The molecule has 2 aromatic carbocycles. The van der Waals surface area contributed by atoms with E-state index in [1.165, 1.54) is 12.1 Å². The van der Waals surface area contributed by atoms with Crippen LogP contribution in [0, 0.1) is 5.82 Å². The van der Waals surface area contributed by atoms with Gasteiger partial charge in [0.05, 0.1) is 6.61 Å². The fourth-order valence-electron chi connectivity index (χ4n) is 2.96. The van der Waals surface area contributed by atoms with Crippen molar-refractivity contribution in [3.63, 3.8) is 0 Å². The SMILES string of the molecule is Fc1ccc(-n2ccc(C3OCCN3c3ccccc3)c2)cc1. The van der Waals surface area contributed by atoms with Crippen LogP contribution in [0.25, 0.3) is 5.69 Å². The van der Waals surface area contributed by atoms with Crippen LogP contribution in [-0.4, -0.2) is 17.7 Å². The number of ether oxygens (including phenoxy) is 1. The molecule has 0 bridgehead atoms. The van der Waals surface area contributed by atoms with Gasteiger partial charge in [-0.1, -0.05) is 18.2 Å². The number of para-hydroxylation sites is 1. The lowest BCUT2D eigenvalue weighted by molar-refractivity contribution is 0.114. The predicted octanol–water partition coefficient (Wildman–Crippen LogP) is 4.15. The molecule has 1 aromatic heterocycles. The molecular formula is C19H17FN2O. The highest BCUT2D eigenvalue weighted by molar-refractivity contribution is 5.49. The molecule has 0 N–H and O–H groups in total. The Bertz CT molecular complexity index is 783. The highest BCUT2D eigenvalue weighted by Crippen LogP contribution is 2.32. The lowest BCUT2D eigenvalue weighted by Gasteiger charge is -2.24. The average Bonchev–Trinajstić information content (AvgIpc) is 3.25. The Kier molecular flexibility index (Phi) is 3.60. The van der Waals surface area contributed by atoms with Gasteiger partial charge in [-0.2, -0.15) is 0 Å². The highest BCUT2D eigenvalue weighted by Gasteiger charge is 2.27. The second-order valence-corrected chi connectivity index (χ2v) is 5.58. The van der Waals surface area contributed by atoms with Crippen LogP contribution in [0.1, 0.15) is 11.8 Å². The van der Waals surface area contributed by atoms with Crippen molar-refractivity contribution in [1.29, 1.82) is 0 Å². The first-order valence-corrected chi connectivity index (χ1v) is 7.68. The van der Waals surface area contributed by atoms with Crippen LogP contribution >= 0.6 is 0 Å². The van der Waals surface area contributed by atoms with Gasteiger partial charge in [-0.05, 0) is 42.5 Å². The molecule has 1 fully saturated rings. The maximum atomic E-state index is 13.1. The fourth-order valence-corrected chi connectivity index (χ4v) is 2.96. The van der Waals surface area contributed by atoms with E-state index in [0.29, 0.717) is 6.61 Å². The molecule has 1 saturated heterocycles. The third-order valence-corrected chi connectivity index (χ3v) is 4.10. The van der Waals surface area contributed by atoms with Crippen LogP contribution in [0.2, 0.25) is 0 Å². The number of halogens is 1. The number of benzene rings is 2. The Labute approximate surface area is 134 Å². The van der Waals surface area contributed by atoms with Gasteiger partial charge in [-0.3, -0.25) is 0 Å². The van der Waals surface area contributed by atoms with Gasteiger partial charge in [0.1, 0.15) is 5.82 Å². The minimum Gasteiger partial charge on any atom is -0.352 e. The van der Waals surface area contributed by atoms with Crippen LogP contribution in [0.4, 0.5) is 10.1 Å².